The summed E-state index contributed by atoms with van der Waals surface area (Å²) in [7, 11) is -2.32. The zero-order valence-electron chi connectivity index (χ0n) is 20.6. The van der Waals surface area contributed by atoms with E-state index in [9.17, 15) is 39.1 Å². The van der Waals surface area contributed by atoms with Crippen LogP contribution in [-0.4, -0.2) is 48.0 Å². The van der Waals surface area contributed by atoms with Crippen LogP contribution in [0.25, 0.3) is 0 Å². The topological polar surface area (TPSA) is 184 Å². The molecule has 0 aliphatic carbocycles. The fourth-order valence-electron chi connectivity index (χ4n) is 0.632. The van der Waals surface area contributed by atoms with E-state index in [1.54, 1.807) is 25.0 Å². The van der Waals surface area contributed by atoms with E-state index in [0.29, 0.717) is 23.0 Å². The van der Waals surface area contributed by atoms with Gasteiger partial charge in [-0.1, -0.05) is 27.7 Å². The molecule has 0 aromatic rings. The molecular weight excluding hydrogens is 796 g/mol. The summed E-state index contributed by atoms with van der Waals surface area (Å²) in [5, 5.41) is 0. The van der Waals surface area contributed by atoms with Gasteiger partial charge in [-0.2, -0.15) is 0 Å². The zero-order valence-corrected chi connectivity index (χ0v) is 35.4. The molecule has 0 saturated heterocycles. The van der Waals surface area contributed by atoms with E-state index in [-0.39, 0.29) is 65.2 Å². The molecule has 0 aromatic carbocycles. The quantitative estimate of drug-likeness (QED) is 0.157. The number of rotatable bonds is 4. The molecule has 0 bridgehead atoms. The SMILES string of the molecule is CCS(C)=P([O-])([O-])[S-].CCS(C)=P([O-])([O-])[S-].CCS(C)=P([O-])([O-])[S-].CCS(C)=P([O-])([O-])[S-].[Ti+4].[Ti+4].[Ti+4]. The van der Waals surface area contributed by atoms with Crippen molar-refractivity contribution in [2.45, 2.75) is 27.7 Å². The van der Waals surface area contributed by atoms with Crippen LogP contribution < -0.4 is 39.1 Å². The van der Waals surface area contributed by atoms with Gasteiger partial charge in [0.1, 0.15) is 0 Å². The van der Waals surface area contributed by atoms with Crippen molar-refractivity contribution in [3.63, 3.8) is 0 Å². The molecule has 0 spiro atoms. The summed E-state index contributed by atoms with van der Waals surface area (Å²) in [6.07, 6.45) is 6.61. The molecule has 8 nitrogen and oxygen atoms in total. The zero-order chi connectivity index (χ0) is 27.1. The van der Waals surface area contributed by atoms with Crippen molar-refractivity contribution in [1.29, 1.82) is 0 Å². The Kier molecular flexibility index (Phi) is 47.4. The molecule has 0 aliphatic heterocycles. The molecule has 0 aromatic heterocycles. The van der Waals surface area contributed by atoms with Crippen LogP contribution in [0, 0.1) is 0 Å². The molecule has 0 saturated carbocycles. The van der Waals surface area contributed by atoms with Gasteiger partial charge in [-0.15, -0.1) is 0 Å². The van der Waals surface area contributed by atoms with Crippen LogP contribution in [0.2, 0.25) is 0 Å². The van der Waals surface area contributed by atoms with E-state index in [4.69, 9.17) is 0 Å². The van der Waals surface area contributed by atoms with Crippen molar-refractivity contribution in [2.75, 3.05) is 48.0 Å². The van der Waals surface area contributed by atoms with Crippen molar-refractivity contribution < 1.29 is 104 Å². The van der Waals surface area contributed by atoms with E-state index in [0.717, 1.165) is 0 Å². The summed E-state index contributed by atoms with van der Waals surface area (Å²) in [6, 6.07) is 0. The van der Waals surface area contributed by atoms with Crippen LogP contribution in [-0.2, 0) is 154 Å². The van der Waals surface area contributed by atoms with Crippen molar-refractivity contribution >= 4 is 112 Å². The minimum atomic E-state index is -3.40. The number of hydrogen-bond acceptors (Lipinski definition) is 12. The minimum Gasteiger partial charge on any atom is -0.854 e. The Balaban J connectivity index is -0.0000000581. The van der Waals surface area contributed by atoms with Gasteiger partial charge < -0.3 is 111 Å². The van der Waals surface area contributed by atoms with E-state index in [1.165, 1.54) is 0 Å². The van der Waals surface area contributed by atoms with E-state index < -0.39 is 63.1 Å². The predicted octanol–water partition coefficient (Wildman–Crippen LogP) is -3.21. The van der Waals surface area contributed by atoms with Gasteiger partial charge in [0.15, 0.2) is 0 Å². The molecule has 208 valence electrons. The largest absolute Gasteiger partial charge is 4.00 e. The molecular formula is C12H32O8P4S8Ti3. The van der Waals surface area contributed by atoms with Crippen molar-refractivity contribution in [3.05, 3.63) is 0 Å². The normalized spacial score (nSPS) is 14.7. The van der Waals surface area contributed by atoms with Gasteiger partial charge in [-0.3, -0.25) is 0 Å². The maximum absolute atomic E-state index is 10.4. The van der Waals surface area contributed by atoms with Crippen LogP contribution in [0.4, 0.5) is 0 Å². The second-order valence-corrected chi connectivity index (χ2v) is 37.8. The first kappa shape index (κ1) is 57.1. The first-order chi connectivity index (χ1) is 13.9. The first-order valence-corrected chi connectivity index (χ1v) is 28.7. The molecule has 4 atom stereocenters. The molecule has 35 heavy (non-hydrogen) atoms. The van der Waals surface area contributed by atoms with Gasteiger partial charge in [0.2, 0.25) is 0 Å². The second-order valence-electron chi connectivity index (χ2n) is 5.34. The molecule has 0 N–H and O–H groups in total. The molecule has 0 radical (unpaired) electrons. The Bertz CT molecular complexity index is 619. The Morgan fingerprint density at radius 3 is 0.486 bits per heavy atom. The molecule has 0 amide bonds. The van der Waals surface area contributed by atoms with E-state index >= 15 is 0 Å². The molecule has 0 heterocycles. The van der Waals surface area contributed by atoms with Gasteiger partial charge in [0, 0.05) is 0 Å². The van der Waals surface area contributed by atoms with E-state index in [1.807, 2.05) is 27.7 Å². The molecule has 4 unspecified atom stereocenters. The predicted molar refractivity (Wildman–Crippen MR) is 152 cm³/mol. The Hall–Kier alpha value is 6.34. The summed E-state index contributed by atoms with van der Waals surface area (Å²) < 4.78 is 0. The smallest absolute Gasteiger partial charge is 0.854 e. The maximum atomic E-state index is 10.4. The van der Waals surface area contributed by atoms with Gasteiger partial charge in [0.05, 0.1) is 0 Å². The van der Waals surface area contributed by atoms with E-state index in [2.05, 4.69) is 49.0 Å². The van der Waals surface area contributed by atoms with Crippen LogP contribution in [0.15, 0.2) is 0 Å². The third-order valence-electron chi connectivity index (χ3n) is 3.20. The molecule has 0 aliphatic rings. The van der Waals surface area contributed by atoms with Gasteiger partial charge in [-0.05, 0) is 48.0 Å². The third-order valence-corrected chi connectivity index (χ3v) is 31.0. The first-order valence-electron chi connectivity index (χ1n) is 8.54. The van der Waals surface area contributed by atoms with Gasteiger partial charge in [-0.25, -0.2) is 40.3 Å². The molecule has 0 rings (SSSR count). The maximum Gasteiger partial charge on any atom is 4.00 e. The fourth-order valence-corrected chi connectivity index (χ4v) is 9.49. The summed E-state index contributed by atoms with van der Waals surface area (Å²) in [5.74, 6) is 2.57. The summed E-state index contributed by atoms with van der Waals surface area (Å²) in [6.45, 7) is 7.28. The average Bonchev–Trinajstić information content (AvgIpc) is 2.63. The summed E-state index contributed by atoms with van der Waals surface area (Å²) in [4.78, 5) is 83.3. The number of hydrogen-bond donors (Lipinski definition) is 0. The summed E-state index contributed by atoms with van der Waals surface area (Å²) in [5.41, 5.74) is -13.6. The Labute approximate surface area is 288 Å². The Morgan fingerprint density at radius 2 is 0.486 bits per heavy atom. The van der Waals surface area contributed by atoms with Crippen molar-refractivity contribution in [3.8, 4) is 0 Å². The van der Waals surface area contributed by atoms with Crippen LogP contribution in [0.1, 0.15) is 27.7 Å². The monoisotopic (exact) mass is 828 g/mol. The third kappa shape index (κ3) is 40.3. The standard InChI is InChI=1S/4C3H8O2PS2.3Ti/c4*1-3-8(2)6(4,5)7;;;/h4*3H2,1-2H3;;;/q4*-3;3*+4. The average molecular weight is 828 g/mol. The molecule has 0 fully saturated rings. The van der Waals surface area contributed by atoms with Crippen LogP contribution >= 0.6 is 22.8 Å². The van der Waals surface area contributed by atoms with Gasteiger partial charge >= 0.3 is 65.2 Å². The summed E-state index contributed by atoms with van der Waals surface area (Å²) >= 11 is 16.9. The van der Waals surface area contributed by atoms with Crippen molar-refractivity contribution in [2.24, 2.45) is 0 Å². The fraction of sp³-hybridized carbons (Fsp3) is 1.00. The van der Waals surface area contributed by atoms with Crippen LogP contribution in [0.5, 0.6) is 0 Å². The second kappa shape index (κ2) is 29.1. The minimum absolute atomic E-state index is 0. The van der Waals surface area contributed by atoms with Gasteiger partial charge in [0.25, 0.3) is 0 Å². The molecule has 23 heteroatoms. The Morgan fingerprint density at radius 1 is 0.400 bits per heavy atom. The van der Waals surface area contributed by atoms with Crippen LogP contribution in [0.3, 0.4) is 0 Å². The van der Waals surface area contributed by atoms with Crippen molar-refractivity contribution in [1.82, 2.24) is 0 Å².